The number of amides is 1. The number of nitrogens with one attached hydrogen (secondary N) is 2. The maximum absolute atomic E-state index is 11.6. The van der Waals surface area contributed by atoms with Gasteiger partial charge in [0.1, 0.15) is 0 Å². The molecule has 1 heterocycles. The van der Waals surface area contributed by atoms with E-state index in [0.717, 1.165) is 12.1 Å². The van der Waals surface area contributed by atoms with Crippen molar-refractivity contribution in [3.63, 3.8) is 0 Å². The highest BCUT2D eigenvalue weighted by Gasteiger charge is 2.21. The van der Waals surface area contributed by atoms with E-state index in [9.17, 15) is 4.79 Å². The Morgan fingerprint density at radius 3 is 3.00 bits per heavy atom. The highest BCUT2D eigenvalue weighted by Crippen LogP contribution is 2.00. The molecule has 0 bridgehead atoms. The van der Waals surface area contributed by atoms with E-state index in [-0.39, 0.29) is 5.91 Å². The van der Waals surface area contributed by atoms with Crippen LogP contribution in [0.2, 0.25) is 0 Å². The molecule has 0 aromatic heterocycles. The fourth-order valence-electron chi connectivity index (χ4n) is 1.56. The molecule has 1 aromatic carbocycles. The molecule has 0 saturated carbocycles. The molecule has 1 atom stereocenters. The lowest BCUT2D eigenvalue weighted by Crippen LogP contribution is -2.47. The molecule has 1 aliphatic heterocycles. The monoisotopic (exact) mass is 236 g/mol. The van der Waals surface area contributed by atoms with Crippen molar-refractivity contribution in [2.24, 2.45) is 0 Å². The smallest absolute Gasteiger partial charge is 0.273 e. The lowest BCUT2D eigenvalue weighted by Gasteiger charge is -2.22. The lowest BCUT2D eigenvalue weighted by atomic mass is 10.2. The zero-order chi connectivity index (χ0) is 11.9. The van der Waals surface area contributed by atoms with Crippen molar-refractivity contribution in [3.8, 4) is 0 Å². The molecule has 2 N–H and O–H groups in total. The summed E-state index contributed by atoms with van der Waals surface area (Å²) < 4.78 is 5.29. The Morgan fingerprint density at radius 1 is 1.47 bits per heavy atom. The van der Waals surface area contributed by atoms with Crippen molar-refractivity contribution in [1.82, 2.24) is 10.8 Å². The van der Waals surface area contributed by atoms with Crippen LogP contribution in [0.1, 0.15) is 5.56 Å². The van der Waals surface area contributed by atoms with Gasteiger partial charge in [-0.25, -0.2) is 5.48 Å². The Kier molecular flexibility index (Phi) is 4.49. The fraction of sp³-hybridized carbons (Fsp3) is 0.417. The third kappa shape index (κ3) is 3.81. The first-order valence-corrected chi connectivity index (χ1v) is 5.64. The molecule has 92 valence electrons. The largest absolute Gasteiger partial charge is 0.366 e. The molecule has 0 spiro atoms. The summed E-state index contributed by atoms with van der Waals surface area (Å²) in [5.74, 6) is -0.242. The standard InChI is InChI=1S/C12H16N2O3/c15-12(11-8-13-6-7-16-11)14-17-9-10-4-2-1-3-5-10/h1-5,11,13H,6-9H2,(H,14,15). The second-order valence-electron chi connectivity index (χ2n) is 3.80. The van der Waals surface area contributed by atoms with E-state index < -0.39 is 6.10 Å². The van der Waals surface area contributed by atoms with Crippen molar-refractivity contribution >= 4 is 5.91 Å². The molecular weight excluding hydrogens is 220 g/mol. The van der Waals surface area contributed by atoms with E-state index in [0.29, 0.717) is 19.8 Å². The Bertz CT molecular complexity index is 350. The van der Waals surface area contributed by atoms with Crippen LogP contribution in [0.3, 0.4) is 0 Å². The molecule has 1 aliphatic rings. The van der Waals surface area contributed by atoms with Gasteiger partial charge in [0.15, 0.2) is 6.10 Å². The van der Waals surface area contributed by atoms with Crippen molar-refractivity contribution in [2.75, 3.05) is 19.7 Å². The second-order valence-corrected chi connectivity index (χ2v) is 3.80. The third-order valence-electron chi connectivity index (χ3n) is 2.47. The van der Waals surface area contributed by atoms with Gasteiger partial charge in [-0.2, -0.15) is 0 Å². The van der Waals surface area contributed by atoms with E-state index in [1.165, 1.54) is 0 Å². The van der Waals surface area contributed by atoms with Crippen LogP contribution in [0.25, 0.3) is 0 Å². The second kappa shape index (κ2) is 6.34. The van der Waals surface area contributed by atoms with Crippen LogP contribution in [0.15, 0.2) is 30.3 Å². The van der Waals surface area contributed by atoms with Crippen LogP contribution in [-0.4, -0.2) is 31.7 Å². The zero-order valence-corrected chi connectivity index (χ0v) is 9.52. The molecular formula is C12H16N2O3. The molecule has 1 fully saturated rings. The fourth-order valence-corrected chi connectivity index (χ4v) is 1.56. The van der Waals surface area contributed by atoms with E-state index in [2.05, 4.69) is 10.8 Å². The molecule has 0 radical (unpaired) electrons. The predicted octanol–water partition coefficient (Wildman–Crippen LogP) is 0.223. The van der Waals surface area contributed by atoms with Crippen LogP contribution in [0.4, 0.5) is 0 Å². The van der Waals surface area contributed by atoms with Gasteiger partial charge in [-0.3, -0.25) is 9.63 Å². The number of carbonyl (C=O) groups excluding carboxylic acids is 1. The van der Waals surface area contributed by atoms with Gasteiger partial charge >= 0.3 is 0 Å². The van der Waals surface area contributed by atoms with Crippen molar-refractivity contribution in [3.05, 3.63) is 35.9 Å². The van der Waals surface area contributed by atoms with Crippen molar-refractivity contribution in [1.29, 1.82) is 0 Å². The van der Waals surface area contributed by atoms with Gasteiger partial charge in [0, 0.05) is 13.1 Å². The summed E-state index contributed by atoms with van der Waals surface area (Å²) in [4.78, 5) is 16.7. The summed E-state index contributed by atoms with van der Waals surface area (Å²) in [6, 6.07) is 9.66. The third-order valence-corrected chi connectivity index (χ3v) is 2.47. The lowest BCUT2D eigenvalue weighted by molar-refractivity contribution is -0.148. The number of benzene rings is 1. The van der Waals surface area contributed by atoms with Gasteiger partial charge in [0.2, 0.25) is 0 Å². The highest BCUT2D eigenvalue weighted by atomic mass is 16.7. The summed E-state index contributed by atoms with van der Waals surface area (Å²) in [5.41, 5.74) is 3.41. The van der Waals surface area contributed by atoms with Crippen LogP contribution in [0.5, 0.6) is 0 Å². The highest BCUT2D eigenvalue weighted by molar-refractivity contribution is 5.80. The maximum Gasteiger partial charge on any atom is 0.273 e. The molecule has 1 saturated heterocycles. The summed E-state index contributed by atoms with van der Waals surface area (Å²) in [6.07, 6.45) is -0.459. The Hall–Kier alpha value is -1.43. The van der Waals surface area contributed by atoms with Crippen LogP contribution in [0, 0.1) is 0 Å². The Morgan fingerprint density at radius 2 is 2.29 bits per heavy atom. The van der Waals surface area contributed by atoms with Gasteiger partial charge in [-0.1, -0.05) is 30.3 Å². The number of hydrogen-bond donors (Lipinski definition) is 2. The topological polar surface area (TPSA) is 59.6 Å². The van der Waals surface area contributed by atoms with Crippen LogP contribution >= 0.6 is 0 Å². The van der Waals surface area contributed by atoms with Gasteiger partial charge in [0.25, 0.3) is 5.91 Å². The Labute approximate surface area is 100 Å². The van der Waals surface area contributed by atoms with E-state index in [4.69, 9.17) is 9.57 Å². The maximum atomic E-state index is 11.6. The van der Waals surface area contributed by atoms with E-state index >= 15 is 0 Å². The normalized spacial score (nSPS) is 19.9. The first-order chi connectivity index (χ1) is 8.36. The van der Waals surface area contributed by atoms with Gasteiger partial charge in [0.05, 0.1) is 13.2 Å². The molecule has 17 heavy (non-hydrogen) atoms. The average Bonchev–Trinajstić information content (AvgIpc) is 2.41. The van der Waals surface area contributed by atoms with Crippen LogP contribution in [-0.2, 0) is 21.0 Å². The molecule has 5 nitrogen and oxygen atoms in total. The predicted molar refractivity (Wildman–Crippen MR) is 62.0 cm³/mol. The minimum atomic E-state index is -0.459. The van der Waals surface area contributed by atoms with Gasteiger partial charge in [-0.15, -0.1) is 0 Å². The molecule has 1 unspecified atom stereocenters. The van der Waals surface area contributed by atoms with E-state index in [1.807, 2.05) is 30.3 Å². The van der Waals surface area contributed by atoms with Gasteiger partial charge < -0.3 is 10.1 Å². The summed E-state index contributed by atoms with van der Waals surface area (Å²) in [5, 5.41) is 3.08. The summed E-state index contributed by atoms with van der Waals surface area (Å²) in [7, 11) is 0. The summed E-state index contributed by atoms with van der Waals surface area (Å²) >= 11 is 0. The molecule has 0 aliphatic carbocycles. The molecule has 5 heteroatoms. The first-order valence-electron chi connectivity index (χ1n) is 5.64. The quantitative estimate of drug-likeness (QED) is 0.734. The van der Waals surface area contributed by atoms with Crippen molar-refractivity contribution in [2.45, 2.75) is 12.7 Å². The number of morpholine rings is 1. The first kappa shape index (κ1) is 12.0. The number of carbonyl (C=O) groups is 1. The van der Waals surface area contributed by atoms with Gasteiger partial charge in [-0.05, 0) is 5.56 Å². The zero-order valence-electron chi connectivity index (χ0n) is 9.52. The number of ether oxygens (including phenoxy) is 1. The van der Waals surface area contributed by atoms with E-state index in [1.54, 1.807) is 0 Å². The van der Waals surface area contributed by atoms with Crippen molar-refractivity contribution < 1.29 is 14.4 Å². The number of hydrogen-bond acceptors (Lipinski definition) is 4. The SMILES string of the molecule is O=C(NOCc1ccccc1)C1CNCCO1. The minimum absolute atomic E-state index is 0.242. The Balaban J connectivity index is 1.69. The number of hydroxylamine groups is 1. The van der Waals surface area contributed by atoms with Crippen LogP contribution < -0.4 is 10.8 Å². The minimum Gasteiger partial charge on any atom is -0.366 e. The molecule has 1 aromatic rings. The number of rotatable bonds is 4. The molecule has 2 rings (SSSR count). The average molecular weight is 236 g/mol. The summed E-state index contributed by atoms with van der Waals surface area (Å²) in [6.45, 7) is 2.22. The molecule has 1 amide bonds.